The van der Waals surface area contributed by atoms with Gasteiger partial charge in [-0.15, -0.1) is 0 Å². The Morgan fingerprint density at radius 3 is 2.46 bits per heavy atom. The van der Waals surface area contributed by atoms with E-state index < -0.39 is 0 Å². The van der Waals surface area contributed by atoms with Gasteiger partial charge in [0.2, 0.25) is 0 Å². The van der Waals surface area contributed by atoms with Crippen molar-refractivity contribution in [3.8, 4) is 11.3 Å². The van der Waals surface area contributed by atoms with Crippen molar-refractivity contribution >= 4 is 29.0 Å². The number of rotatable bonds is 5. The third-order valence-corrected chi connectivity index (χ3v) is 6.64. The van der Waals surface area contributed by atoms with E-state index in [4.69, 9.17) is 33.9 Å². The lowest BCUT2D eigenvalue weighted by Crippen LogP contribution is -2.51. The Morgan fingerprint density at radius 2 is 1.89 bits per heavy atom. The summed E-state index contributed by atoms with van der Waals surface area (Å²) in [5, 5.41) is 20.6. The third kappa shape index (κ3) is 3.84. The Morgan fingerprint density at radius 1 is 1.21 bits per heavy atom. The third-order valence-electron chi connectivity index (χ3n) is 5.82. The molecule has 0 unspecified atom stereocenters. The van der Waals surface area contributed by atoms with Crippen molar-refractivity contribution in [2.24, 2.45) is 11.1 Å². The predicted molar refractivity (Wildman–Crippen MR) is 113 cm³/mol. The second kappa shape index (κ2) is 8.51. The average Bonchev–Trinajstić information content (AvgIpc) is 2.70. The number of aryl methyl sites for hydroxylation is 1. The highest BCUT2D eigenvalue weighted by Gasteiger charge is 2.38. The lowest BCUT2D eigenvalue weighted by Gasteiger charge is -2.43. The summed E-state index contributed by atoms with van der Waals surface area (Å²) in [5.41, 5.74) is 8.35. The first-order valence-corrected chi connectivity index (χ1v) is 10.1. The summed E-state index contributed by atoms with van der Waals surface area (Å²) in [6, 6.07) is 5.28. The zero-order valence-electron chi connectivity index (χ0n) is 16.1. The maximum Gasteiger partial charge on any atom is 0.153 e. The zero-order valence-corrected chi connectivity index (χ0v) is 17.6. The Labute approximate surface area is 175 Å². The minimum atomic E-state index is -0.271. The van der Waals surface area contributed by atoms with E-state index in [-0.39, 0.29) is 24.7 Å². The second-order valence-electron chi connectivity index (χ2n) is 7.48. The van der Waals surface area contributed by atoms with Gasteiger partial charge < -0.3 is 20.8 Å². The standard InChI is InChI=1S/C20H26Cl2N4O2/c1-12-18(14-4-3-5-15(21)17(14)22)25-16(10-27)19(24-12)26-8-6-20(11-28,7-9-26)13(2)23/h3-5,13,27-28H,6-11,23H2,1-2H3/t13-/m1/s1. The molecule has 1 aromatic heterocycles. The van der Waals surface area contributed by atoms with Crippen molar-refractivity contribution in [2.75, 3.05) is 24.6 Å². The van der Waals surface area contributed by atoms with Crippen LogP contribution < -0.4 is 10.6 Å². The maximum absolute atomic E-state index is 9.92. The van der Waals surface area contributed by atoms with Crippen molar-refractivity contribution in [1.29, 1.82) is 0 Å². The summed E-state index contributed by atoms with van der Waals surface area (Å²) in [4.78, 5) is 11.5. The molecule has 1 fully saturated rings. The van der Waals surface area contributed by atoms with Gasteiger partial charge in [0.15, 0.2) is 5.82 Å². The van der Waals surface area contributed by atoms with Crippen LogP contribution in [0.3, 0.4) is 0 Å². The van der Waals surface area contributed by atoms with E-state index in [1.54, 1.807) is 6.07 Å². The number of nitrogens with zero attached hydrogens (tertiary/aromatic N) is 3. The Balaban J connectivity index is 1.94. The fraction of sp³-hybridized carbons (Fsp3) is 0.500. The van der Waals surface area contributed by atoms with Crippen molar-refractivity contribution in [2.45, 2.75) is 39.3 Å². The lowest BCUT2D eigenvalue weighted by molar-refractivity contribution is 0.0749. The molecule has 6 nitrogen and oxygen atoms in total. The molecule has 4 N–H and O–H groups in total. The number of halogens is 2. The van der Waals surface area contributed by atoms with Crippen molar-refractivity contribution < 1.29 is 10.2 Å². The number of aromatic nitrogens is 2. The summed E-state index contributed by atoms with van der Waals surface area (Å²) in [6.45, 7) is 5.04. The summed E-state index contributed by atoms with van der Waals surface area (Å²) in [7, 11) is 0. The smallest absolute Gasteiger partial charge is 0.153 e. The number of nitrogens with two attached hydrogens (primary N) is 1. The normalized spacial score (nSPS) is 17.6. The maximum atomic E-state index is 9.92. The Kier molecular flexibility index (Phi) is 6.47. The number of aliphatic hydroxyl groups excluding tert-OH is 2. The number of hydrogen-bond donors (Lipinski definition) is 3. The van der Waals surface area contributed by atoms with Gasteiger partial charge in [0.1, 0.15) is 5.69 Å². The first-order valence-electron chi connectivity index (χ1n) is 9.37. The topological polar surface area (TPSA) is 95.5 Å². The molecule has 0 aliphatic carbocycles. The average molecular weight is 425 g/mol. The van der Waals surface area contributed by atoms with Crippen LogP contribution in [0.15, 0.2) is 18.2 Å². The molecule has 8 heteroatoms. The molecule has 2 heterocycles. The second-order valence-corrected chi connectivity index (χ2v) is 8.27. The van der Waals surface area contributed by atoms with E-state index in [0.717, 1.165) is 12.8 Å². The van der Waals surface area contributed by atoms with Crippen LogP contribution in [0.4, 0.5) is 5.82 Å². The van der Waals surface area contributed by atoms with E-state index >= 15 is 0 Å². The Hall–Kier alpha value is -1.44. The summed E-state index contributed by atoms with van der Waals surface area (Å²) >= 11 is 12.5. The van der Waals surface area contributed by atoms with E-state index in [9.17, 15) is 10.2 Å². The summed E-state index contributed by atoms with van der Waals surface area (Å²) in [5.74, 6) is 0.665. The zero-order chi connectivity index (χ0) is 20.5. The molecule has 1 aliphatic rings. The quantitative estimate of drug-likeness (QED) is 0.681. The first kappa shape index (κ1) is 21.3. The van der Waals surface area contributed by atoms with Crippen LogP contribution in [-0.4, -0.2) is 45.9 Å². The van der Waals surface area contributed by atoms with Gasteiger partial charge in [0, 0.05) is 30.1 Å². The van der Waals surface area contributed by atoms with E-state index in [2.05, 4.69) is 9.88 Å². The molecule has 1 atom stereocenters. The fourth-order valence-electron chi connectivity index (χ4n) is 3.76. The van der Waals surface area contributed by atoms with Crippen LogP contribution in [0.2, 0.25) is 10.0 Å². The van der Waals surface area contributed by atoms with Gasteiger partial charge in [-0.2, -0.15) is 0 Å². The van der Waals surface area contributed by atoms with Gasteiger partial charge in [-0.25, -0.2) is 9.97 Å². The van der Waals surface area contributed by atoms with E-state index in [0.29, 0.717) is 51.6 Å². The molecular formula is C20H26Cl2N4O2. The van der Waals surface area contributed by atoms with Crippen LogP contribution in [0, 0.1) is 12.3 Å². The molecule has 152 valence electrons. The number of hydrogen-bond acceptors (Lipinski definition) is 6. The van der Waals surface area contributed by atoms with Gasteiger partial charge >= 0.3 is 0 Å². The number of piperidine rings is 1. The molecule has 0 radical (unpaired) electrons. The van der Waals surface area contributed by atoms with E-state index in [1.165, 1.54) is 0 Å². The van der Waals surface area contributed by atoms with E-state index in [1.807, 2.05) is 26.0 Å². The molecule has 1 aliphatic heterocycles. The largest absolute Gasteiger partial charge is 0.396 e. The van der Waals surface area contributed by atoms with Gasteiger partial charge in [0.05, 0.1) is 34.6 Å². The number of anilines is 1. The van der Waals surface area contributed by atoms with Crippen molar-refractivity contribution in [3.63, 3.8) is 0 Å². The molecule has 0 saturated carbocycles. The highest BCUT2D eigenvalue weighted by Crippen LogP contribution is 2.38. The molecular weight excluding hydrogens is 399 g/mol. The van der Waals surface area contributed by atoms with Crippen LogP contribution >= 0.6 is 23.2 Å². The summed E-state index contributed by atoms with van der Waals surface area (Å²) < 4.78 is 0. The minimum absolute atomic E-state index is 0.0717. The molecule has 0 amide bonds. The van der Waals surface area contributed by atoms with Crippen LogP contribution in [0.5, 0.6) is 0 Å². The lowest BCUT2D eigenvalue weighted by atomic mass is 9.74. The number of aliphatic hydroxyl groups is 2. The van der Waals surface area contributed by atoms with Gasteiger partial charge in [-0.3, -0.25) is 0 Å². The number of benzene rings is 1. The summed E-state index contributed by atoms with van der Waals surface area (Å²) in [6.07, 6.45) is 1.52. The molecule has 0 spiro atoms. The molecule has 2 aromatic rings. The van der Waals surface area contributed by atoms with Crippen LogP contribution in [-0.2, 0) is 6.61 Å². The van der Waals surface area contributed by atoms with Gasteiger partial charge in [0.25, 0.3) is 0 Å². The fourth-order valence-corrected chi connectivity index (χ4v) is 4.15. The van der Waals surface area contributed by atoms with Crippen molar-refractivity contribution in [3.05, 3.63) is 39.6 Å². The van der Waals surface area contributed by atoms with Crippen LogP contribution in [0.1, 0.15) is 31.2 Å². The highest BCUT2D eigenvalue weighted by molar-refractivity contribution is 6.43. The first-order chi connectivity index (χ1) is 13.3. The molecule has 1 saturated heterocycles. The molecule has 0 bridgehead atoms. The highest BCUT2D eigenvalue weighted by atomic mass is 35.5. The van der Waals surface area contributed by atoms with Crippen LogP contribution in [0.25, 0.3) is 11.3 Å². The molecule has 28 heavy (non-hydrogen) atoms. The Bertz CT molecular complexity index is 852. The minimum Gasteiger partial charge on any atom is -0.396 e. The SMILES string of the molecule is Cc1nc(N2CCC(CO)([C@@H](C)N)CC2)c(CO)nc1-c1cccc(Cl)c1Cl. The van der Waals surface area contributed by atoms with Crippen molar-refractivity contribution in [1.82, 2.24) is 9.97 Å². The molecule has 3 rings (SSSR count). The van der Waals surface area contributed by atoms with Gasteiger partial charge in [-0.1, -0.05) is 35.3 Å². The van der Waals surface area contributed by atoms with Gasteiger partial charge in [-0.05, 0) is 32.8 Å². The molecule has 1 aromatic carbocycles. The predicted octanol–water partition coefficient (Wildman–Crippen LogP) is 3.18. The monoisotopic (exact) mass is 424 g/mol.